The highest BCUT2D eigenvalue weighted by molar-refractivity contribution is 6.33. The van der Waals surface area contributed by atoms with E-state index in [0.717, 1.165) is 5.01 Å². The molecule has 0 radical (unpaired) electrons. The molecule has 3 amide bonds. The van der Waals surface area contributed by atoms with Crippen LogP contribution in [-0.4, -0.2) is 48.5 Å². The Morgan fingerprint density at radius 2 is 1.84 bits per heavy atom. The van der Waals surface area contributed by atoms with E-state index in [2.05, 4.69) is 10.7 Å². The fourth-order valence-electron chi connectivity index (χ4n) is 3.09. The molecule has 3 rings (SSSR count). The molecule has 0 aliphatic carbocycles. The van der Waals surface area contributed by atoms with Crippen LogP contribution < -0.4 is 15.5 Å². The van der Waals surface area contributed by atoms with Crippen molar-refractivity contribution in [3.8, 4) is 5.75 Å². The lowest BCUT2D eigenvalue weighted by Crippen LogP contribution is -2.43. The minimum Gasteiger partial charge on any atom is -0.492 e. The molecule has 32 heavy (non-hydrogen) atoms. The maximum atomic E-state index is 12.3. The first-order valence-corrected chi connectivity index (χ1v) is 10.3. The number of halogens is 1. The number of hydrogen-bond donors (Lipinski definition) is 2. The zero-order chi connectivity index (χ0) is 23.1. The summed E-state index contributed by atoms with van der Waals surface area (Å²) in [5.74, 6) is -2.56. The Morgan fingerprint density at radius 3 is 2.59 bits per heavy atom. The van der Waals surface area contributed by atoms with Gasteiger partial charge in [0, 0.05) is 6.42 Å². The van der Waals surface area contributed by atoms with E-state index in [1.165, 1.54) is 6.07 Å². The highest BCUT2D eigenvalue weighted by atomic mass is 35.5. The molecule has 1 aliphatic rings. The molecule has 2 N–H and O–H groups in total. The molecular formula is C22H22ClN3O6. The molecule has 1 saturated heterocycles. The predicted molar refractivity (Wildman–Crippen MR) is 116 cm³/mol. The quantitative estimate of drug-likeness (QED) is 0.586. The minimum atomic E-state index is -0.808. The lowest BCUT2D eigenvalue weighted by Gasteiger charge is -2.18. The summed E-state index contributed by atoms with van der Waals surface area (Å²) in [5.41, 5.74) is 3.11. The zero-order valence-corrected chi connectivity index (χ0v) is 18.1. The number of hydrogen-bond acceptors (Lipinski definition) is 6. The molecule has 0 saturated carbocycles. The molecule has 9 nitrogen and oxygen atoms in total. The van der Waals surface area contributed by atoms with Gasteiger partial charge in [0.25, 0.3) is 11.8 Å². The predicted octanol–water partition coefficient (Wildman–Crippen LogP) is 2.41. The summed E-state index contributed by atoms with van der Waals surface area (Å²) in [6, 6.07) is 13.3. The van der Waals surface area contributed by atoms with Gasteiger partial charge in [0.1, 0.15) is 5.75 Å². The van der Waals surface area contributed by atoms with Gasteiger partial charge in [-0.1, -0.05) is 35.9 Å². The first kappa shape index (κ1) is 23.1. The van der Waals surface area contributed by atoms with Gasteiger partial charge < -0.3 is 14.8 Å². The fourth-order valence-corrected chi connectivity index (χ4v) is 3.32. The SMILES string of the molecule is CCOc1ccccc1NC(=O)COC(=O)[C@H]1CC(=O)N(NC(=O)c2ccccc2Cl)C1. The topological polar surface area (TPSA) is 114 Å². The molecular weight excluding hydrogens is 438 g/mol. The van der Waals surface area contributed by atoms with Gasteiger partial charge in [-0.25, -0.2) is 0 Å². The van der Waals surface area contributed by atoms with Crippen LogP contribution in [0.3, 0.4) is 0 Å². The third-order valence-electron chi connectivity index (χ3n) is 4.62. The van der Waals surface area contributed by atoms with E-state index < -0.39 is 36.2 Å². The van der Waals surface area contributed by atoms with Gasteiger partial charge in [-0.3, -0.25) is 29.6 Å². The van der Waals surface area contributed by atoms with E-state index in [1.807, 2.05) is 6.92 Å². The third kappa shape index (κ3) is 5.76. The third-order valence-corrected chi connectivity index (χ3v) is 4.95. The van der Waals surface area contributed by atoms with Crippen LogP contribution >= 0.6 is 11.6 Å². The second-order valence-corrected chi connectivity index (χ2v) is 7.32. The Bertz CT molecular complexity index is 1030. The highest BCUT2D eigenvalue weighted by Crippen LogP contribution is 2.24. The largest absolute Gasteiger partial charge is 0.492 e. The average Bonchev–Trinajstić information content (AvgIpc) is 3.14. The number of benzene rings is 2. The van der Waals surface area contributed by atoms with Crippen molar-refractivity contribution < 1.29 is 28.7 Å². The van der Waals surface area contributed by atoms with Crippen LogP contribution in [0.5, 0.6) is 5.75 Å². The van der Waals surface area contributed by atoms with Crippen molar-refractivity contribution in [3.63, 3.8) is 0 Å². The van der Waals surface area contributed by atoms with Crippen molar-refractivity contribution in [2.75, 3.05) is 25.1 Å². The van der Waals surface area contributed by atoms with Gasteiger partial charge in [0.2, 0.25) is 5.91 Å². The molecule has 0 spiro atoms. The van der Waals surface area contributed by atoms with Crippen molar-refractivity contribution in [3.05, 3.63) is 59.1 Å². The molecule has 2 aromatic carbocycles. The van der Waals surface area contributed by atoms with Crippen LogP contribution in [0.1, 0.15) is 23.7 Å². The van der Waals surface area contributed by atoms with Gasteiger partial charge in [0.05, 0.1) is 35.3 Å². The molecule has 0 bridgehead atoms. The first-order chi connectivity index (χ1) is 15.4. The molecule has 1 aliphatic heterocycles. The van der Waals surface area contributed by atoms with Crippen molar-refractivity contribution in [1.82, 2.24) is 10.4 Å². The number of carbonyl (C=O) groups excluding carboxylic acids is 4. The van der Waals surface area contributed by atoms with E-state index in [4.69, 9.17) is 21.1 Å². The molecule has 0 aromatic heterocycles. The zero-order valence-electron chi connectivity index (χ0n) is 17.3. The van der Waals surface area contributed by atoms with Crippen molar-refractivity contribution >= 4 is 41.0 Å². The number of para-hydroxylation sites is 2. The molecule has 10 heteroatoms. The highest BCUT2D eigenvalue weighted by Gasteiger charge is 2.37. The van der Waals surface area contributed by atoms with Crippen molar-refractivity contribution in [1.29, 1.82) is 0 Å². The monoisotopic (exact) mass is 459 g/mol. The Kier molecular flexibility index (Phi) is 7.67. The van der Waals surface area contributed by atoms with Crippen LogP contribution in [-0.2, 0) is 19.1 Å². The Balaban J connectivity index is 1.50. The average molecular weight is 460 g/mol. The van der Waals surface area contributed by atoms with E-state index in [1.54, 1.807) is 42.5 Å². The standard InChI is InChI=1S/C22H22ClN3O6/c1-2-31-18-10-6-5-9-17(18)24-19(27)13-32-22(30)14-11-20(28)26(12-14)25-21(29)15-7-3-4-8-16(15)23/h3-10,14H,2,11-13H2,1H3,(H,24,27)(H,25,29)/t14-/m0/s1. The summed E-state index contributed by atoms with van der Waals surface area (Å²) in [6.07, 6.45) is -0.142. The van der Waals surface area contributed by atoms with Crippen LogP contribution in [0, 0.1) is 5.92 Å². The van der Waals surface area contributed by atoms with Crippen LogP contribution in [0.25, 0.3) is 0 Å². The second-order valence-electron chi connectivity index (χ2n) is 6.91. The number of hydrazine groups is 1. The summed E-state index contributed by atoms with van der Waals surface area (Å²) in [4.78, 5) is 49.0. The van der Waals surface area contributed by atoms with Gasteiger partial charge in [-0.05, 0) is 31.2 Å². The van der Waals surface area contributed by atoms with Gasteiger partial charge in [-0.2, -0.15) is 0 Å². The van der Waals surface area contributed by atoms with E-state index in [-0.39, 0.29) is 23.6 Å². The van der Waals surface area contributed by atoms with Crippen LogP contribution in [0.2, 0.25) is 5.02 Å². The summed E-state index contributed by atoms with van der Waals surface area (Å²) >= 11 is 5.99. The number of carbonyl (C=O) groups is 4. The molecule has 2 aromatic rings. The van der Waals surface area contributed by atoms with Crippen molar-refractivity contribution in [2.45, 2.75) is 13.3 Å². The van der Waals surface area contributed by atoms with Gasteiger partial charge >= 0.3 is 5.97 Å². The molecule has 1 fully saturated rings. The maximum absolute atomic E-state index is 12.3. The van der Waals surface area contributed by atoms with Gasteiger partial charge in [0.15, 0.2) is 6.61 Å². The second kappa shape index (κ2) is 10.6. The van der Waals surface area contributed by atoms with E-state index in [9.17, 15) is 19.2 Å². The first-order valence-electron chi connectivity index (χ1n) is 9.93. The summed E-state index contributed by atoms with van der Waals surface area (Å²) in [7, 11) is 0. The molecule has 168 valence electrons. The number of ether oxygens (including phenoxy) is 2. The number of nitrogens with zero attached hydrogens (tertiary/aromatic N) is 1. The lowest BCUT2D eigenvalue weighted by molar-refractivity contribution is -0.151. The summed E-state index contributed by atoms with van der Waals surface area (Å²) in [6.45, 7) is 1.67. The van der Waals surface area contributed by atoms with Gasteiger partial charge in [-0.15, -0.1) is 0 Å². The Hall–Kier alpha value is -3.59. The fraction of sp³-hybridized carbons (Fsp3) is 0.273. The van der Waals surface area contributed by atoms with Crippen LogP contribution in [0.15, 0.2) is 48.5 Å². The lowest BCUT2D eigenvalue weighted by atomic mass is 10.1. The summed E-state index contributed by atoms with van der Waals surface area (Å²) < 4.78 is 10.5. The maximum Gasteiger partial charge on any atom is 0.311 e. The van der Waals surface area contributed by atoms with Crippen molar-refractivity contribution in [2.24, 2.45) is 5.92 Å². The Labute approximate surface area is 189 Å². The number of nitrogens with one attached hydrogen (secondary N) is 2. The number of anilines is 1. The van der Waals surface area contributed by atoms with Crippen LogP contribution in [0.4, 0.5) is 5.69 Å². The number of amides is 3. The van der Waals surface area contributed by atoms with E-state index >= 15 is 0 Å². The number of rotatable bonds is 8. The minimum absolute atomic E-state index is 0.0668. The normalized spacial score (nSPS) is 15.2. The number of esters is 1. The molecule has 1 heterocycles. The molecule has 0 unspecified atom stereocenters. The smallest absolute Gasteiger partial charge is 0.311 e. The molecule has 1 atom stereocenters. The summed E-state index contributed by atoms with van der Waals surface area (Å²) in [5, 5.41) is 3.91. The Morgan fingerprint density at radius 1 is 1.12 bits per heavy atom. The van der Waals surface area contributed by atoms with E-state index in [0.29, 0.717) is 18.0 Å².